The average Bonchev–Trinajstić information content (AvgIpc) is 3.03. The molecule has 2 aromatic heterocycles. The van der Waals surface area contributed by atoms with E-state index in [0.717, 1.165) is 43.9 Å². The highest BCUT2D eigenvalue weighted by Crippen LogP contribution is 2.32. The van der Waals surface area contributed by atoms with E-state index in [1.807, 2.05) is 41.9 Å². The predicted molar refractivity (Wildman–Crippen MR) is 101 cm³/mol. The third-order valence-corrected chi connectivity index (χ3v) is 4.61. The number of benzene rings is 2. The van der Waals surface area contributed by atoms with Crippen molar-refractivity contribution in [2.24, 2.45) is 0 Å². The standard InChI is InChI=1S/C19H15BrN4O/c1-12-8-17(13-6-4-3-5-7-13)24(23-12)19-14-9-15(20)18(25-2)10-16(14)21-11-22-19/h3-11H,1-2H3. The number of aromatic nitrogens is 4. The quantitative estimate of drug-likeness (QED) is 0.510. The maximum atomic E-state index is 5.37. The largest absolute Gasteiger partial charge is 0.495 e. The highest BCUT2D eigenvalue weighted by atomic mass is 79.9. The van der Waals surface area contributed by atoms with Crippen LogP contribution in [-0.2, 0) is 0 Å². The summed E-state index contributed by atoms with van der Waals surface area (Å²) in [5.74, 6) is 1.47. The van der Waals surface area contributed by atoms with Crippen molar-refractivity contribution < 1.29 is 4.74 Å². The summed E-state index contributed by atoms with van der Waals surface area (Å²) in [5, 5.41) is 5.56. The van der Waals surface area contributed by atoms with Gasteiger partial charge in [0.25, 0.3) is 0 Å². The Balaban J connectivity index is 1.99. The van der Waals surface area contributed by atoms with Crippen molar-refractivity contribution in [1.82, 2.24) is 19.7 Å². The summed E-state index contributed by atoms with van der Waals surface area (Å²) in [4.78, 5) is 8.87. The predicted octanol–water partition coefficient (Wildman–Crippen LogP) is 4.56. The Bertz CT molecular complexity index is 1060. The van der Waals surface area contributed by atoms with Gasteiger partial charge in [0.15, 0.2) is 5.82 Å². The molecule has 0 unspecified atom stereocenters. The van der Waals surface area contributed by atoms with Crippen molar-refractivity contribution in [2.45, 2.75) is 6.92 Å². The van der Waals surface area contributed by atoms with Crippen LogP contribution in [0.15, 0.2) is 59.3 Å². The second-order valence-corrected chi connectivity index (χ2v) is 6.50. The van der Waals surface area contributed by atoms with E-state index in [9.17, 15) is 0 Å². The van der Waals surface area contributed by atoms with Crippen LogP contribution in [0.3, 0.4) is 0 Å². The summed E-state index contributed by atoms with van der Waals surface area (Å²) in [6, 6.07) is 16.1. The fourth-order valence-corrected chi connectivity index (χ4v) is 3.35. The number of hydrogen-bond acceptors (Lipinski definition) is 4. The van der Waals surface area contributed by atoms with E-state index in [1.54, 1.807) is 13.4 Å². The van der Waals surface area contributed by atoms with Crippen LogP contribution in [-0.4, -0.2) is 26.9 Å². The zero-order valence-electron chi connectivity index (χ0n) is 13.8. The molecule has 124 valence electrons. The Labute approximate surface area is 153 Å². The van der Waals surface area contributed by atoms with Gasteiger partial charge >= 0.3 is 0 Å². The first-order valence-electron chi connectivity index (χ1n) is 7.78. The number of fused-ring (bicyclic) bond motifs is 1. The Morgan fingerprint density at radius 2 is 1.84 bits per heavy atom. The van der Waals surface area contributed by atoms with Gasteiger partial charge in [-0.25, -0.2) is 14.6 Å². The highest BCUT2D eigenvalue weighted by molar-refractivity contribution is 9.10. The zero-order valence-corrected chi connectivity index (χ0v) is 15.4. The first-order chi connectivity index (χ1) is 12.2. The van der Waals surface area contributed by atoms with Gasteiger partial charge in [0.1, 0.15) is 12.1 Å². The molecule has 4 aromatic rings. The van der Waals surface area contributed by atoms with Crippen molar-refractivity contribution in [3.63, 3.8) is 0 Å². The molecule has 4 rings (SSSR count). The van der Waals surface area contributed by atoms with E-state index in [4.69, 9.17) is 4.74 Å². The Kier molecular flexibility index (Phi) is 3.97. The summed E-state index contributed by atoms with van der Waals surface area (Å²) in [5.41, 5.74) is 3.81. The molecule has 5 nitrogen and oxygen atoms in total. The fourth-order valence-electron chi connectivity index (χ4n) is 2.84. The number of aryl methyl sites for hydroxylation is 1. The molecule has 25 heavy (non-hydrogen) atoms. The van der Waals surface area contributed by atoms with E-state index in [-0.39, 0.29) is 0 Å². The van der Waals surface area contributed by atoms with Crippen molar-refractivity contribution >= 4 is 26.8 Å². The summed E-state index contributed by atoms with van der Waals surface area (Å²) < 4.78 is 8.09. The molecule has 0 aliphatic heterocycles. The maximum Gasteiger partial charge on any atom is 0.165 e. The van der Waals surface area contributed by atoms with E-state index >= 15 is 0 Å². The molecular weight excluding hydrogens is 380 g/mol. The second-order valence-electron chi connectivity index (χ2n) is 5.65. The molecule has 0 aliphatic rings. The van der Waals surface area contributed by atoms with Crippen molar-refractivity contribution in [3.05, 3.63) is 65.0 Å². The van der Waals surface area contributed by atoms with Crippen LogP contribution in [0.4, 0.5) is 0 Å². The number of ether oxygens (including phenoxy) is 1. The minimum Gasteiger partial charge on any atom is -0.495 e. The summed E-state index contributed by atoms with van der Waals surface area (Å²) in [7, 11) is 1.64. The lowest BCUT2D eigenvalue weighted by Gasteiger charge is -2.11. The minimum absolute atomic E-state index is 0.733. The van der Waals surface area contributed by atoms with Crippen molar-refractivity contribution in [1.29, 1.82) is 0 Å². The van der Waals surface area contributed by atoms with E-state index in [0.29, 0.717) is 0 Å². The van der Waals surface area contributed by atoms with Gasteiger partial charge in [-0.05, 0) is 35.0 Å². The first-order valence-corrected chi connectivity index (χ1v) is 8.57. The first kappa shape index (κ1) is 15.8. The molecule has 6 heteroatoms. The van der Waals surface area contributed by atoms with Crippen LogP contribution in [0.2, 0.25) is 0 Å². The molecule has 0 saturated heterocycles. The second kappa shape index (κ2) is 6.29. The molecule has 2 heterocycles. The maximum absolute atomic E-state index is 5.37. The lowest BCUT2D eigenvalue weighted by atomic mass is 10.1. The molecule has 0 amide bonds. The molecule has 0 bridgehead atoms. The van der Waals surface area contributed by atoms with E-state index in [1.165, 1.54) is 0 Å². The Morgan fingerprint density at radius 1 is 1.04 bits per heavy atom. The van der Waals surface area contributed by atoms with Gasteiger partial charge in [-0.3, -0.25) is 0 Å². The summed E-state index contributed by atoms with van der Waals surface area (Å²) >= 11 is 3.54. The van der Waals surface area contributed by atoms with Gasteiger partial charge in [-0.15, -0.1) is 0 Å². The number of hydrogen-bond donors (Lipinski definition) is 0. The molecule has 2 aromatic carbocycles. The zero-order chi connectivity index (χ0) is 17.4. The lowest BCUT2D eigenvalue weighted by molar-refractivity contribution is 0.412. The average molecular weight is 395 g/mol. The number of nitrogens with zero attached hydrogens (tertiary/aromatic N) is 4. The lowest BCUT2D eigenvalue weighted by Crippen LogP contribution is -2.04. The van der Waals surface area contributed by atoms with Crippen LogP contribution >= 0.6 is 15.9 Å². The van der Waals surface area contributed by atoms with Gasteiger partial charge < -0.3 is 4.74 Å². The molecule has 0 fully saturated rings. The van der Waals surface area contributed by atoms with Gasteiger partial charge in [0.2, 0.25) is 0 Å². The SMILES string of the molecule is COc1cc2ncnc(-n3nc(C)cc3-c3ccccc3)c2cc1Br. The van der Waals surface area contributed by atoms with Gasteiger partial charge in [-0.2, -0.15) is 5.10 Å². The van der Waals surface area contributed by atoms with Crippen LogP contribution in [0.25, 0.3) is 28.0 Å². The molecule has 0 atom stereocenters. The molecule has 0 radical (unpaired) electrons. The van der Waals surface area contributed by atoms with E-state index in [2.05, 4.69) is 49.2 Å². The molecule has 0 saturated carbocycles. The van der Waals surface area contributed by atoms with Crippen LogP contribution in [0, 0.1) is 6.92 Å². The van der Waals surface area contributed by atoms with Crippen LogP contribution in [0.1, 0.15) is 5.69 Å². The molecular formula is C19H15BrN4O. The normalized spacial score (nSPS) is 11.0. The fraction of sp³-hybridized carbons (Fsp3) is 0.105. The Morgan fingerprint density at radius 3 is 2.60 bits per heavy atom. The smallest absolute Gasteiger partial charge is 0.165 e. The highest BCUT2D eigenvalue weighted by Gasteiger charge is 2.15. The monoisotopic (exact) mass is 394 g/mol. The number of methoxy groups -OCH3 is 1. The van der Waals surface area contributed by atoms with Crippen LogP contribution in [0.5, 0.6) is 5.75 Å². The van der Waals surface area contributed by atoms with Crippen LogP contribution < -0.4 is 4.74 Å². The van der Waals surface area contributed by atoms with Gasteiger partial charge in [0.05, 0.1) is 28.5 Å². The van der Waals surface area contributed by atoms with Gasteiger partial charge in [-0.1, -0.05) is 30.3 Å². The third-order valence-electron chi connectivity index (χ3n) is 3.99. The molecule has 0 spiro atoms. The van der Waals surface area contributed by atoms with E-state index < -0.39 is 0 Å². The molecule has 0 N–H and O–H groups in total. The number of rotatable bonds is 3. The summed E-state index contributed by atoms with van der Waals surface area (Å²) in [6.07, 6.45) is 1.55. The molecule has 0 aliphatic carbocycles. The summed E-state index contributed by atoms with van der Waals surface area (Å²) in [6.45, 7) is 1.98. The van der Waals surface area contributed by atoms with Crippen molar-refractivity contribution in [2.75, 3.05) is 7.11 Å². The third kappa shape index (κ3) is 2.78. The van der Waals surface area contributed by atoms with Crippen molar-refractivity contribution in [3.8, 4) is 22.8 Å². The Hall–Kier alpha value is -2.73. The number of halogens is 1. The topological polar surface area (TPSA) is 52.8 Å². The van der Waals surface area contributed by atoms with Gasteiger partial charge in [0, 0.05) is 17.0 Å². The minimum atomic E-state index is 0.733.